The molecule has 6 heteroatoms. The number of nitrogens with zero attached hydrogens (tertiary/aromatic N) is 1. The van der Waals surface area contributed by atoms with Gasteiger partial charge in [0.15, 0.2) is 0 Å². The molecule has 0 atom stereocenters. The highest BCUT2D eigenvalue weighted by Gasteiger charge is 1.96. The average Bonchev–Trinajstić information content (AvgIpc) is 2.17. The lowest BCUT2D eigenvalue weighted by molar-refractivity contribution is 0.530. The van der Waals surface area contributed by atoms with E-state index in [2.05, 4.69) is 5.10 Å². The van der Waals surface area contributed by atoms with Gasteiger partial charge in [-0.15, -0.1) is 0 Å². The lowest BCUT2D eigenvalue weighted by atomic mass is 10.2. The Labute approximate surface area is 91.9 Å². The van der Waals surface area contributed by atoms with Gasteiger partial charge >= 0.3 is 0 Å². The molecule has 3 N–H and O–H groups in total. The van der Waals surface area contributed by atoms with Crippen molar-refractivity contribution in [1.82, 2.24) is 9.78 Å². The van der Waals surface area contributed by atoms with Gasteiger partial charge in [0.05, 0.1) is 4.99 Å². The van der Waals surface area contributed by atoms with Gasteiger partial charge in [0.25, 0.3) is 11.1 Å². The summed E-state index contributed by atoms with van der Waals surface area (Å²) >= 11 is 4.72. The number of unbranched alkanes of at least 4 members (excludes halogenated alkanes) is 1. The van der Waals surface area contributed by atoms with E-state index < -0.39 is 0 Å². The summed E-state index contributed by atoms with van der Waals surface area (Å²) in [5.41, 5.74) is 4.85. The van der Waals surface area contributed by atoms with Gasteiger partial charge in [0.2, 0.25) is 0 Å². The molecule has 0 bridgehead atoms. The van der Waals surface area contributed by atoms with E-state index in [1.165, 1.54) is 16.8 Å². The zero-order chi connectivity index (χ0) is 11.3. The Bertz CT molecular complexity index is 449. The van der Waals surface area contributed by atoms with Crippen LogP contribution in [-0.4, -0.2) is 14.8 Å². The Kier molecular flexibility index (Phi) is 4.23. The standard InChI is InChI=1S/C9H13N3O2S/c10-7(15)3-1-2-6-12-9(14)5-4-8(13)11-12/h4-5H,1-3,6H2,(H2,10,15)(H,11,13). The van der Waals surface area contributed by atoms with Crippen LogP contribution in [-0.2, 0) is 6.54 Å². The molecule has 0 aliphatic heterocycles. The van der Waals surface area contributed by atoms with Crippen LogP contribution in [0.2, 0.25) is 0 Å². The SMILES string of the molecule is NC(=S)CCCCn1[nH]c(=O)ccc1=O. The van der Waals surface area contributed by atoms with Crippen molar-refractivity contribution in [3.05, 3.63) is 32.8 Å². The van der Waals surface area contributed by atoms with E-state index in [4.69, 9.17) is 18.0 Å². The normalized spacial score (nSPS) is 10.1. The number of aryl methyl sites for hydroxylation is 1. The summed E-state index contributed by atoms with van der Waals surface area (Å²) in [6.45, 7) is 0.484. The number of hydrogen-bond donors (Lipinski definition) is 2. The molecule has 0 saturated carbocycles. The molecule has 1 rings (SSSR count). The lowest BCUT2D eigenvalue weighted by Gasteiger charge is -2.03. The summed E-state index contributed by atoms with van der Waals surface area (Å²) in [6, 6.07) is 2.47. The number of nitrogens with two attached hydrogens (primary N) is 1. The number of hydrogen-bond acceptors (Lipinski definition) is 3. The molecule has 1 heterocycles. The molecule has 0 unspecified atom stereocenters. The molecule has 0 fully saturated rings. The Morgan fingerprint density at radius 3 is 2.80 bits per heavy atom. The second-order valence-electron chi connectivity index (χ2n) is 3.22. The fourth-order valence-electron chi connectivity index (χ4n) is 1.20. The van der Waals surface area contributed by atoms with Gasteiger partial charge in [0.1, 0.15) is 0 Å². The zero-order valence-corrected chi connectivity index (χ0v) is 9.05. The fourth-order valence-corrected chi connectivity index (χ4v) is 1.34. The topological polar surface area (TPSA) is 80.9 Å². The number of thiocarbonyl (C=S) groups is 1. The van der Waals surface area contributed by atoms with E-state index in [9.17, 15) is 9.59 Å². The first-order valence-corrected chi connectivity index (χ1v) is 5.09. The van der Waals surface area contributed by atoms with E-state index in [-0.39, 0.29) is 11.1 Å². The molecule has 1 aromatic heterocycles. The monoisotopic (exact) mass is 227 g/mol. The smallest absolute Gasteiger partial charge is 0.265 e. The maximum absolute atomic E-state index is 11.2. The minimum Gasteiger partial charge on any atom is -0.393 e. The highest BCUT2D eigenvalue weighted by atomic mass is 32.1. The molecule has 0 amide bonds. The van der Waals surface area contributed by atoms with Gasteiger partial charge in [0, 0.05) is 18.7 Å². The van der Waals surface area contributed by atoms with Gasteiger partial charge in [-0.05, 0) is 19.3 Å². The average molecular weight is 227 g/mol. The number of aromatic nitrogens is 2. The molecule has 5 nitrogen and oxygen atoms in total. The molecular formula is C9H13N3O2S. The summed E-state index contributed by atoms with van der Waals surface area (Å²) < 4.78 is 1.29. The molecule has 15 heavy (non-hydrogen) atoms. The third kappa shape index (κ3) is 4.07. The van der Waals surface area contributed by atoms with Crippen molar-refractivity contribution in [3.63, 3.8) is 0 Å². The number of nitrogens with one attached hydrogen (secondary N) is 1. The quantitative estimate of drug-likeness (QED) is 0.548. The van der Waals surface area contributed by atoms with Crippen LogP contribution in [0, 0.1) is 0 Å². The van der Waals surface area contributed by atoms with Gasteiger partial charge in [-0.2, -0.15) is 0 Å². The summed E-state index contributed by atoms with van der Waals surface area (Å²) in [6.07, 6.45) is 2.25. The first-order valence-electron chi connectivity index (χ1n) is 4.68. The summed E-state index contributed by atoms with van der Waals surface area (Å²) in [4.78, 5) is 22.6. The number of H-pyrrole nitrogens is 1. The minimum atomic E-state index is -0.274. The molecule has 0 aliphatic carbocycles. The first-order chi connectivity index (χ1) is 7.09. The molecular weight excluding hydrogens is 214 g/mol. The second-order valence-corrected chi connectivity index (χ2v) is 3.75. The predicted molar refractivity (Wildman–Crippen MR) is 62.0 cm³/mol. The zero-order valence-electron chi connectivity index (χ0n) is 8.23. The summed E-state index contributed by atoms with van der Waals surface area (Å²) in [7, 11) is 0. The molecule has 1 aromatic rings. The molecule has 0 aromatic carbocycles. The Balaban J connectivity index is 2.50. The summed E-state index contributed by atoms with van der Waals surface area (Å²) in [5, 5.41) is 2.45. The van der Waals surface area contributed by atoms with E-state index in [0.717, 1.165) is 12.8 Å². The number of aromatic amines is 1. The van der Waals surface area contributed by atoms with E-state index in [1.807, 2.05) is 0 Å². The van der Waals surface area contributed by atoms with Crippen LogP contribution < -0.4 is 16.9 Å². The maximum atomic E-state index is 11.2. The van der Waals surface area contributed by atoms with Crippen molar-refractivity contribution < 1.29 is 0 Å². The van der Waals surface area contributed by atoms with Crippen LogP contribution in [0.25, 0.3) is 0 Å². The van der Waals surface area contributed by atoms with E-state index in [0.29, 0.717) is 18.0 Å². The van der Waals surface area contributed by atoms with Crippen LogP contribution in [0.15, 0.2) is 21.7 Å². The highest BCUT2D eigenvalue weighted by molar-refractivity contribution is 7.80. The van der Waals surface area contributed by atoms with Gasteiger partial charge in [-0.25, -0.2) is 0 Å². The minimum absolute atomic E-state index is 0.204. The first kappa shape index (κ1) is 11.6. The molecule has 0 saturated heterocycles. The van der Waals surface area contributed by atoms with Crippen molar-refractivity contribution in [1.29, 1.82) is 0 Å². The fraction of sp³-hybridized carbons (Fsp3) is 0.444. The van der Waals surface area contributed by atoms with Crippen LogP contribution in [0.1, 0.15) is 19.3 Å². The Morgan fingerprint density at radius 1 is 1.40 bits per heavy atom. The van der Waals surface area contributed by atoms with Gasteiger partial charge < -0.3 is 5.73 Å². The van der Waals surface area contributed by atoms with Gasteiger partial charge in [-0.1, -0.05) is 12.2 Å². The van der Waals surface area contributed by atoms with Crippen molar-refractivity contribution in [2.24, 2.45) is 5.73 Å². The molecule has 82 valence electrons. The van der Waals surface area contributed by atoms with Crippen molar-refractivity contribution in [2.75, 3.05) is 0 Å². The summed E-state index contributed by atoms with van der Waals surface area (Å²) in [5.74, 6) is 0. The molecule has 0 spiro atoms. The number of rotatable bonds is 5. The van der Waals surface area contributed by atoms with E-state index >= 15 is 0 Å². The maximum Gasteiger partial charge on any atom is 0.265 e. The third-order valence-electron chi connectivity index (χ3n) is 1.94. The van der Waals surface area contributed by atoms with Crippen LogP contribution in [0.3, 0.4) is 0 Å². The highest BCUT2D eigenvalue weighted by Crippen LogP contribution is 1.96. The van der Waals surface area contributed by atoms with Crippen molar-refractivity contribution >= 4 is 17.2 Å². The molecule has 0 aliphatic rings. The van der Waals surface area contributed by atoms with Crippen LogP contribution in [0.4, 0.5) is 0 Å². The van der Waals surface area contributed by atoms with Crippen LogP contribution >= 0.6 is 12.2 Å². The predicted octanol–water partition coefficient (Wildman–Crippen LogP) is -0.00700. The van der Waals surface area contributed by atoms with Crippen LogP contribution in [0.5, 0.6) is 0 Å². The molecule has 0 radical (unpaired) electrons. The van der Waals surface area contributed by atoms with E-state index in [1.54, 1.807) is 0 Å². The second kappa shape index (κ2) is 5.45. The Morgan fingerprint density at radius 2 is 2.13 bits per heavy atom. The third-order valence-corrected chi connectivity index (χ3v) is 2.15. The van der Waals surface area contributed by atoms with Gasteiger partial charge in [-0.3, -0.25) is 19.4 Å². The van der Waals surface area contributed by atoms with Crippen molar-refractivity contribution in [2.45, 2.75) is 25.8 Å². The lowest BCUT2D eigenvalue weighted by Crippen LogP contribution is -2.28. The van der Waals surface area contributed by atoms with Crippen molar-refractivity contribution in [3.8, 4) is 0 Å². The Hall–Kier alpha value is -1.43. The largest absolute Gasteiger partial charge is 0.393 e.